The third-order valence-corrected chi connectivity index (χ3v) is 4.72. The van der Waals surface area contributed by atoms with Crippen molar-refractivity contribution in [1.82, 2.24) is 9.78 Å². The van der Waals surface area contributed by atoms with Crippen molar-refractivity contribution in [3.05, 3.63) is 44.0 Å². The van der Waals surface area contributed by atoms with Gasteiger partial charge in [-0.2, -0.15) is 16.4 Å². The number of anilines is 1. The topological polar surface area (TPSA) is 46.9 Å². The zero-order chi connectivity index (χ0) is 13.9. The average molecular weight is 310 g/mol. The molecule has 0 atom stereocenters. The second kappa shape index (κ2) is 5.97. The number of thiophene rings is 1. The maximum atomic E-state index is 12.4. The van der Waals surface area contributed by atoms with Gasteiger partial charge >= 0.3 is 0 Å². The third-order valence-electron chi connectivity index (χ3n) is 3.70. The van der Waals surface area contributed by atoms with Gasteiger partial charge in [-0.3, -0.25) is 4.79 Å². The fraction of sp³-hybridized carbons (Fsp3) is 0.429. The largest absolute Gasteiger partial charge is 0.375 e. The molecule has 1 aliphatic rings. The average Bonchev–Trinajstić information content (AvgIpc) is 2.89. The standard InChI is InChI=1S/C14H16ClN3OS/c15-12-7-17-18(8-10-2-1-3-10)14(19)13(12)16-6-11-4-5-20-9-11/h4-5,7,9-10,16H,1-3,6,8H2. The van der Waals surface area contributed by atoms with Gasteiger partial charge in [-0.1, -0.05) is 18.0 Å². The van der Waals surface area contributed by atoms with Gasteiger partial charge in [-0.25, -0.2) is 4.68 Å². The molecule has 0 aromatic carbocycles. The Hall–Kier alpha value is -1.33. The lowest BCUT2D eigenvalue weighted by atomic mass is 9.85. The highest BCUT2D eigenvalue weighted by Gasteiger charge is 2.20. The molecule has 2 heterocycles. The summed E-state index contributed by atoms with van der Waals surface area (Å²) in [7, 11) is 0. The molecule has 0 unspecified atom stereocenters. The van der Waals surface area contributed by atoms with Crippen LogP contribution in [0.1, 0.15) is 24.8 Å². The first-order valence-corrected chi connectivity index (χ1v) is 8.06. The summed E-state index contributed by atoms with van der Waals surface area (Å²) in [5.74, 6) is 0.589. The zero-order valence-corrected chi connectivity index (χ0v) is 12.6. The molecule has 20 heavy (non-hydrogen) atoms. The molecule has 1 fully saturated rings. The van der Waals surface area contributed by atoms with Gasteiger partial charge in [0.1, 0.15) is 5.69 Å². The monoisotopic (exact) mass is 309 g/mol. The molecule has 1 saturated carbocycles. The van der Waals surface area contributed by atoms with Crippen LogP contribution >= 0.6 is 22.9 Å². The molecule has 2 aromatic rings. The fourth-order valence-electron chi connectivity index (χ4n) is 2.26. The summed E-state index contributed by atoms with van der Waals surface area (Å²) >= 11 is 7.73. The van der Waals surface area contributed by atoms with Gasteiger partial charge in [-0.15, -0.1) is 0 Å². The SMILES string of the molecule is O=c1c(NCc2ccsc2)c(Cl)cnn1CC1CCC1. The van der Waals surface area contributed by atoms with E-state index in [2.05, 4.69) is 15.8 Å². The van der Waals surface area contributed by atoms with Crippen molar-refractivity contribution in [2.75, 3.05) is 5.32 Å². The first-order valence-electron chi connectivity index (χ1n) is 6.74. The minimum Gasteiger partial charge on any atom is -0.375 e. The summed E-state index contributed by atoms with van der Waals surface area (Å²) in [5.41, 5.74) is 1.47. The first kappa shape index (κ1) is 13.6. The van der Waals surface area contributed by atoms with Crippen LogP contribution < -0.4 is 10.9 Å². The minimum atomic E-state index is -0.125. The smallest absolute Gasteiger partial charge is 0.291 e. The Morgan fingerprint density at radius 3 is 3.00 bits per heavy atom. The fourth-order valence-corrected chi connectivity index (χ4v) is 3.12. The highest BCUT2D eigenvalue weighted by atomic mass is 35.5. The van der Waals surface area contributed by atoms with Gasteiger partial charge in [0.05, 0.1) is 11.2 Å². The number of nitrogens with one attached hydrogen (secondary N) is 1. The van der Waals surface area contributed by atoms with Crippen LogP contribution in [0.5, 0.6) is 0 Å². The van der Waals surface area contributed by atoms with E-state index >= 15 is 0 Å². The molecule has 3 rings (SSSR count). The van der Waals surface area contributed by atoms with E-state index in [-0.39, 0.29) is 5.56 Å². The number of nitrogens with zero attached hydrogens (tertiary/aromatic N) is 2. The van der Waals surface area contributed by atoms with Crippen LogP contribution in [0.4, 0.5) is 5.69 Å². The van der Waals surface area contributed by atoms with Crippen molar-refractivity contribution in [3.8, 4) is 0 Å². The predicted octanol–water partition coefficient (Wildman–Crippen LogP) is 3.37. The summed E-state index contributed by atoms with van der Waals surface area (Å²) in [6.45, 7) is 1.30. The van der Waals surface area contributed by atoms with Crippen LogP contribution in [-0.2, 0) is 13.1 Å². The Morgan fingerprint density at radius 1 is 1.50 bits per heavy atom. The molecule has 0 bridgehead atoms. The predicted molar refractivity (Wildman–Crippen MR) is 82.5 cm³/mol. The molecule has 0 saturated heterocycles. The van der Waals surface area contributed by atoms with Crippen molar-refractivity contribution in [2.45, 2.75) is 32.4 Å². The Labute approximate surface area is 126 Å². The zero-order valence-electron chi connectivity index (χ0n) is 11.0. The molecule has 106 valence electrons. The lowest BCUT2D eigenvalue weighted by Crippen LogP contribution is -2.30. The number of hydrogen-bond donors (Lipinski definition) is 1. The molecule has 0 radical (unpaired) electrons. The van der Waals surface area contributed by atoms with Crippen molar-refractivity contribution in [3.63, 3.8) is 0 Å². The maximum Gasteiger partial charge on any atom is 0.291 e. The van der Waals surface area contributed by atoms with Crippen LogP contribution in [0, 0.1) is 5.92 Å². The Balaban J connectivity index is 1.77. The van der Waals surface area contributed by atoms with Crippen molar-refractivity contribution >= 4 is 28.6 Å². The van der Waals surface area contributed by atoms with Crippen LogP contribution in [-0.4, -0.2) is 9.78 Å². The number of rotatable bonds is 5. The Morgan fingerprint density at radius 2 is 2.35 bits per heavy atom. The molecule has 0 amide bonds. The summed E-state index contributed by atoms with van der Waals surface area (Å²) in [4.78, 5) is 12.4. The van der Waals surface area contributed by atoms with Gasteiger partial charge in [0.25, 0.3) is 5.56 Å². The molecular weight excluding hydrogens is 294 g/mol. The second-order valence-electron chi connectivity index (χ2n) is 5.14. The summed E-state index contributed by atoms with van der Waals surface area (Å²) in [5, 5.41) is 11.7. The van der Waals surface area contributed by atoms with Crippen LogP contribution in [0.3, 0.4) is 0 Å². The van der Waals surface area contributed by atoms with E-state index in [4.69, 9.17) is 11.6 Å². The third kappa shape index (κ3) is 2.88. The molecule has 0 spiro atoms. The van der Waals surface area contributed by atoms with Crippen molar-refractivity contribution in [1.29, 1.82) is 0 Å². The van der Waals surface area contributed by atoms with E-state index < -0.39 is 0 Å². The van der Waals surface area contributed by atoms with Gasteiger partial charge < -0.3 is 5.32 Å². The van der Waals surface area contributed by atoms with Gasteiger partial charge in [0, 0.05) is 13.1 Å². The minimum absolute atomic E-state index is 0.125. The van der Waals surface area contributed by atoms with Crippen molar-refractivity contribution < 1.29 is 0 Å². The first-order chi connectivity index (χ1) is 9.74. The van der Waals surface area contributed by atoms with E-state index in [9.17, 15) is 4.79 Å². The van der Waals surface area contributed by atoms with E-state index in [0.717, 1.165) is 5.56 Å². The highest BCUT2D eigenvalue weighted by molar-refractivity contribution is 7.07. The van der Waals surface area contributed by atoms with E-state index in [1.165, 1.54) is 23.9 Å². The van der Waals surface area contributed by atoms with Gasteiger partial charge in [0.15, 0.2) is 0 Å². The molecule has 6 heteroatoms. The lowest BCUT2D eigenvalue weighted by Gasteiger charge is -2.25. The second-order valence-corrected chi connectivity index (χ2v) is 6.32. The molecule has 1 aliphatic carbocycles. The quantitative estimate of drug-likeness (QED) is 0.921. The summed E-state index contributed by atoms with van der Waals surface area (Å²) in [6, 6.07) is 2.03. The molecular formula is C14H16ClN3OS. The molecule has 1 N–H and O–H groups in total. The van der Waals surface area contributed by atoms with Gasteiger partial charge in [0.2, 0.25) is 0 Å². The Bertz CT molecular complexity index is 634. The molecule has 4 nitrogen and oxygen atoms in total. The Kier molecular flexibility index (Phi) is 4.08. The van der Waals surface area contributed by atoms with Crippen molar-refractivity contribution in [2.24, 2.45) is 5.92 Å². The van der Waals surface area contributed by atoms with E-state index in [1.54, 1.807) is 17.5 Å². The van der Waals surface area contributed by atoms with E-state index in [1.807, 2.05) is 11.4 Å². The number of hydrogen-bond acceptors (Lipinski definition) is 4. The van der Waals surface area contributed by atoms with Crippen LogP contribution in [0.15, 0.2) is 27.8 Å². The normalized spacial score (nSPS) is 15.1. The summed E-state index contributed by atoms with van der Waals surface area (Å²) in [6.07, 6.45) is 5.19. The lowest BCUT2D eigenvalue weighted by molar-refractivity contribution is 0.262. The highest BCUT2D eigenvalue weighted by Crippen LogP contribution is 2.27. The van der Waals surface area contributed by atoms with Crippen LogP contribution in [0.2, 0.25) is 5.02 Å². The molecule has 2 aromatic heterocycles. The molecule has 0 aliphatic heterocycles. The van der Waals surface area contributed by atoms with Crippen LogP contribution in [0.25, 0.3) is 0 Å². The van der Waals surface area contributed by atoms with Gasteiger partial charge in [-0.05, 0) is 41.1 Å². The maximum absolute atomic E-state index is 12.4. The number of halogens is 1. The summed E-state index contributed by atoms with van der Waals surface area (Å²) < 4.78 is 1.53. The number of aromatic nitrogens is 2. The van der Waals surface area contributed by atoms with E-state index in [0.29, 0.717) is 29.7 Å².